The van der Waals surface area contributed by atoms with E-state index in [1.807, 2.05) is 75.6 Å². The van der Waals surface area contributed by atoms with Crippen molar-refractivity contribution in [2.24, 2.45) is 17.6 Å². The molecule has 4 fully saturated rings. The van der Waals surface area contributed by atoms with Crippen LogP contribution in [0.1, 0.15) is 124 Å². The average Bonchev–Trinajstić information content (AvgIpc) is 4.01. The summed E-state index contributed by atoms with van der Waals surface area (Å²) in [5.41, 5.74) is 10.8. The Morgan fingerprint density at radius 2 is 1.03 bits per heavy atom. The number of para-hydroxylation sites is 2. The summed E-state index contributed by atoms with van der Waals surface area (Å²) in [5, 5.41) is 19.7. The number of carbonyl (C=O) groups is 3. The second-order valence-corrected chi connectivity index (χ2v) is 22.3. The van der Waals surface area contributed by atoms with Crippen LogP contribution in [-0.4, -0.2) is 89.7 Å². The minimum absolute atomic E-state index is 0. The van der Waals surface area contributed by atoms with Crippen molar-refractivity contribution in [1.82, 2.24) is 45.9 Å². The van der Waals surface area contributed by atoms with Crippen LogP contribution in [0.25, 0.3) is 44.3 Å². The summed E-state index contributed by atoms with van der Waals surface area (Å²) < 4.78 is 5.36. The SMILES string of the molecule is CC(C)(C)OC(=O)NC1CCC(C(=O)N[C@H]2CCC[C@@H](Nc3ncc(Cl)c(-c4c[nH]c5ccccc45)n3)C2)CC1.Cl.NC1CCC(C(=O)N[C@H]2CCC[C@@H](Nc3ncc(Cl)c(-c4c[nH]c5ccccc45)n3)C2)CC1. The van der Waals surface area contributed by atoms with Crippen molar-refractivity contribution >= 4 is 87.2 Å². The summed E-state index contributed by atoms with van der Waals surface area (Å²) >= 11 is 13.0. The summed E-state index contributed by atoms with van der Waals surface area (Å²) in [5.74, 6) is 1.50. The van der Waals surface area contributed by atoms with Gasteiger partial charge in [0.2, 0.25) is 23.7 Å². The van der Waals surface area contributed by atoms with E-state index in [-0.39, 0.29) is 78.4 Å². The Balaban J connectivity index is 0.000000198. The third-order valence-electron chi connectivity index (χ3n) is 14.8. The molecule has 74 heavy (non-hydrogen) atoms. The summed E-state index contributed by atoms with van der Waals surface area (Å²) in [4.78, 5) is 62.8. The quantitative estimate of drug-likeness (QED) is 0.0608. The molecule has 10 rings (SSSR count). The van der Waals surface area contributed by atoms with E-state index in [0.717, 1.165) is 136 Å². The minimum Gasteiger partial charge on any atom is -0.444 e. The fourth-order valence-electron chi connectivity index (χ4n) is 11.0. The Morgan fingerprint density at radius 1 is 0.595 bits per heavy atom. The molecule has 6 aromatic rings. The molecule has 4 aromatic heterocycles. The first-order chi connectivity index (χ1) is 35.2. The van der Waals surface area contributed by atoms with Crippen LogP contribution in [0.15, 0.2) is 73.3 Å². The molecule has 19 heteroatoms. The van der Waals surface area contributed by atoms with Crippen LogP contribution < -0.4 is 32.3 Å². The van der Waals surface area contributed by atoms with Crippen LogP contribution in [0, 0.1) is 11.8 Å². The number of hydrogen-bond donors (Lipinski definition) is 8. The van der Waals surface area contributed by atoms with Gasteiger partial charge in [-0.25, -0.2) is 24.7 Å². The highest BCUT2D eigenvalue weighted by Gasteiger charge is 2.32. The first-order valence-electron chi connectivity index (χ1n) is 26.3. The number of carbonyl (C=O) groups excluding carboxylic acids is 3. The maximum Gasteiger partial charge on any atom is 0.407 e. The Labute approximate surface area is 449 Å². The second-order valence-electron chi connectivity index (χ2n) is 21.5. The normalized spacial score (nSPS) is 24.1. The Kier molecular flexibility index (Phi) is 18.3. The molecule has 0 unspecified atom stereocenters. The molecule has 0 spiro atoms. The largest absolute Gasteiger partial charge is 0.444 e. The number of aromatic amines is 2. The molecule has 3 amide bonds. The highest BCUT2D eigenvalue weighted by molar-refractivity contribution is 6.33. The van der Waals surface area contributed by atoms with Gasteiger partial charge < -0.3 is 47.0 Å². The lowest BCUT2D eigenvalue weighted by atomic mass is 9.84. The fraction of sp³-hybridized carbons (Fsp3) is 0.509. The van der Waals surface area contributed by atoms with E-state index in [9.17, 15) is 14.4 Å². The summed E-state index contributed by atoms with van der Waals surface area (Å²) in [7, 11) is 0. The third kappa shape index (κ3) is 14.2. The van der Waals surface area contributed by atoms with Crippen molar-refractivity contribution in [3.05, 3.63) is 83.4 Å². The highest BCUT2D eigenvalue weighted by atomic mass is 35.5. The molecule has 0 saturated heterocycles. The van der Waals surface area contributed by atoms with Crippen molar-refractivity contribution < 1.29 is 19.1 Å². The zero-order valence-electron chi connectivity index (χ0n) is 42.5. The monoisotopic (exact) mass is 1070 g/mol. The number of anilines is 2. The lowest BCUT2D eigenvalue weighted by Gasteiger charge is -2.33. The Hall–Kier alpha value is -5.68. The number of aromatic nitrogens is 6. The van der Waals surface area contributed by atoms with Gasteiger partial charge in [0.15, 0.2) is 0 Å². The predicted octanol–water partition coefficient (Wildman–Crippen LogP) is 11.3. The molecule has 4 heterocycles. The number of H-pyrrole nitrogens is 2. The van der Waals surface area contributed by atoms with E-state index < -0.39 is 5.60 Å². The number of nitrogens with zero attached hydrogens (tertiary/aromatic N) is 4. The smallest absolute Gasteiger partial charge is 0.407 e. The van der Waals surface area contributed by atoms with E-state index in [1.165, 1.54) is 0 Å². The molecule has 16 nitrogen and oxygen atoms in total. The number of benzene rings is 2. The summed E-state index contributed by atoms with van der Waals surface area (Å²) in [6.07, 6.45) is 21.3. The van der Waals surface area contributed by atoms with Gasteiger partial charge in [-0.1, -0.05) is 59.6 Å². The number of fused-ring (bicyclic) bond motifs is 2. The number of amides is 3. The van der Waals surface area contributed by atoms with Gasteiger partial charge in [0, 0.05) is 93.4 Å². The van der Waals surface area contributed by atoms with Crippen molar-refractivity contribution in [2.75, 3.05) is 10.6 Å². The van der Waals surface area contributed by atoms with Gasteiger partial charge in [0.05, 0.1) is 33.8 Å². The van der Waals surface area contributed by atoms with Gasteiger partial charge in [0.25, 0.3) is 0 Å². The molecule has 0 aliphatic heterocycles. The standard InChI is InChI=1S/C30H39ClN6O3.C25H31ClN6O.ClH/c1-30(2,3)40-29(39)36-19-13-11-18(12-14-19)27(38)34-20-7-6-8-21(15-20)35-28-33-17-24(31)26(37-28)23-16-32-25-10-5-4-9-22(23)25;26-21-14-29-25(32-23(21)20-13-28-22-7-2-1-6-19(20)22)31-18-5-3-4-17(12-18)30-24(33)15-8-10-16(27)11-9-15;/h4-5,9-10,16-21,32H,6-8,11-15H2,1-3H3,(H,34,38)(H,36,39)(H,33,35,37);1-2,6-7,13-18,28H,3-5,8-12,27H2,(H,30,33)(H,29,31,32);1H/t18?,19?,20-,21+;15?,16?,17-,18+;/m00./s1. The molecular formula is C55H71Cl3N12O4. The van der Waals surface area contributed by atoms with E-state index in [0.29, 0.717) is 33.3 Å². The first-order valence-corrected chi connectivity index (χ1v) is 27.0. The lowest BCUT2D eigenvalue weighted by molar-refractivity contribution is -0.127. The Morgan fingerprint density at radius 3 is 1.49 bits per heavy atom. The highest BCUT2D eigenvalue weighted by Crippen LogP contribution is 2.35. The molecule has 4 atom stereocenters. The van der Waals surface area contributed by atoms with Gasteiger partial charge in [-0.2, -0.15) is 0 Å². The van der Waals surface area contributed by atoms with Crippen LogP contribution in [0.5, 0.6) is 0 Å². The summed E-state index contributed by atoms with van der Waals surface area (Å²) in [6, 6.07) is 17.1. The van der Waals surface area contributed by atoms with E-state index in [1.54, 1.807) is 12.4 Å². The van der Waals surface area contributed by atoms with Gasteiger partial charge in [0.1, 0.15) is 5.60 Å². The van der Waals surface area contributed by atoms with Crippen molar-refractivity contribution in [2.45, 2.75) is 165 Å². The van der Waals surface area contributed by atoms with Gasteiger partial charge in [-0.15, -0.1) is 12.4 Å². The van der Waals surface area contributed by atoms with Gasteiger partial charge in [-0.3, -0.25) is 9.59 Å². The van der Waals surface area contributed by atoms with Gasteiger partial charge in [-0.05, 0) is 136 Å². The third-order valence-corrected chi connectivity index (χ3v) is 15.4. The average molecular weight is 1070 g/mol. The van der Waals surface area contributed by atoms with Crippen LogP contribution in [0.2, 0.25) is 10.0 Å². The van der Waals surface area contributed by atoms with Gasteiger partial charge >= 0.3 is 6.09 Å². The number of alkyl carbamates (subject to hydrolysis) is 1. The number of rotatable bonds is 11. The predicted molar refractivity (Wildman–Crippen MR) is 297 cm³/mol. The molecule has 0 radical (unpaired) electrons. The lowest BCUT2D eigenvalue weighted by Crippen LogP contribution is -2.46. The topological polar surface area (TPSA) is 230 Å². The molecule has 0 bridgehead atoms. The molecule has 4 saturated carbocycles. The summed E-state index contributed by atoms with van der Waals surface area (Å²) in [6.45, 7) is 5.55. The molecule has 4 aliphatic carbocycles. The maximum atomic E-state index is 13.1. The zero-order chi connectivity index (χ0) is 51.1. The van der Waals surface area contributed by atoms with Crippen molar-refractivity contribution in [3.63, 3.8) is 0 Å². The van der Waals surface area contributed by atoms with E-state index >= 15 is 0 Å². The first kappa shape index (κ1) is 54.6. The number of nitrogens with two attached hydrogens (primary N) is 1. The molecule has 396 valence electrons. The van der Waals surface area contributed by atoms with Crippen molar-refractivity contribution in [3.8, 4) is 22.5 Å². The van der Waals surface area contributed by atoms with Crippen molar-refractivity contribution in [1.29, 1.82) is 0 Å². The zero-order valence-corrected chi connectivity index (χ0v) is 44.9. The molecule has 2 aromatic carbocycles. The van der Waals surface area contributed by atoms with Crippen LogP contribution in [0.4, 0.5) is 16.7 Å². The van der Waals surface area contributed by atoms with Crippen LogP contribution in [-0.2, 0) is 14.3 Å². The number of hydrogen-bond acceptors (Lipinski definition) is 11. The number of nitrogens with one attached hydrogen (secondary N) is 7. The van der Waals surface area contributed by atoms with Crippen LogP contribution in [0.3, 0.4) is 0 Å². The van der Waals surface area contributed by atoms with Crippen LogP contribution >= 0.6 is 35.6 Å². The second kappa shape index (κ2) is 24.8. The van der Waals surface area contributed by atoms with E-state index in [4.69, 9.17) is 43.6 Å². The van der Waals surface area contributed by atoms with E-state index in [2.05, 4.69) is 52.6 Å². The molecule has 9 N–H and O–H groups in total. The molecule has 4 aliphatic rings. The fourth-order valence-corrected chi connectivity index (χ4v) is 11.4. The number of ether oxygens (including phenoxy) is 1. The Bertz CT molecular complexity index is 2850. The number of halogens is 3. The maximum absolute atomic E-state index is 13.1. The molecular weight excluding hydrogens is 999 g/mol. The minimum atomic E-state index is -0.521.